The van der Waals surface area contributed by atoms with Crippen LogP contribution in [0.3, 0.4) is 0 Å². The summed E-state index contributed by atoms with van der Waals surface area (Å²) in [5.74, 6) is 1.64. The molecule has 8 heteroatoms. The second-order valence-electron chi connectivity index (χ2n) is 9.10. The summed E-state index contributed by atoms with van der Waals surface area (Å²) in [7, 11) is -1.93. The third-order valence-electron chi connectivity index (χ3n) is 5.94. The third kappa shape index (κ3) is 4.42. The Labute approximate surface area is 189 Å². The molecule has 170 valence electrons. The Kier molecular flexibility index (Phi) is 6.09. The molecule has 1 aromatic heterocycles. The second-order valence-corrected chi connectivity index (χ2v) is 11.0. The molecular weight excluding hydrogens is 426 g/mol. The minimum absolute atomic E-state index is 0.0205. The van der Waals surface area contributed by atoms with Crippen molar-refractivity contribution in [2.45, 2.75) is 49.8 Å². The van der Waals surface area contributed by atoms with E-state index in [9.17, 15) is 8.42 Å². The maximum absolute atomic E-state index is 13.1. The molecule has 0 N–H and O–H groups in total. The lowest BCUT2D eigenvalue weighted by molar-refractivity contribution is 0.291. The van der Waals surface area contributed by atoms with Crippen LogP contribution in [0, 0.1) is 0 Å². The van der Waals surface area contributed by atoms with Crippen LogP contribution in [0.5, 0.6) is 5.75 Å². The molecule has 3 aromatic rings. The number of nitrogens with zero attached hydrogens (tertiary/aromatic N) is 3. The van der Waals surface area contributed by atoms with Crippen molar-refractivity contribution >= 4 is 10.0 Å². The van der Waals surface area contributed by atoms with Gasteiger partial charge in [-0.3, -0.25) is 0 Å². The van der Waals surface area contributed by atoms with E-state index in [-0.39, 0.29) is 11.3 Å². The van der Waals surface area contributed by atoms with Crippen molar-refractivity contribution in [3.63, 3.8) is 0 Å². The first-order valence-corrected chi connectivity index (χ1v) is 12.2. The molecule has 0 radical (unpaired) electrons. The Bertz CT molecular complexity index is 1170. The zero-order chi connectivity index (χ0) is 22.9. The summed E-state index contributed by atoms with van der Waals surface area (Å²) >= 11 is 0. The minimum Gasteiger partial charge on any atom is -0.496 e. The van der Waals surface area contributed by atoms with Gasteiger partial charge in [0.1, 0.15) is 5.75 Å². The molecule has 0 amide bonds. The van der Waals surface area contributed by atoms with Crippen LogP contribution in [0.4, 0.5) is 0 Å². The van der Waals surface area contributed by atoms with Gasteiger partial charge in [-0.15, -0.1) is 10.2 Å². The van der Waals surface area contributed by atoms with E-state index in [0.29, 0.717) is 48.4 Å². The molecule has 1 fully saturated rings. The average molecular weight is 456 g/mol. The van der Waals surface area contributed by atoms with Crippen molar-refractivity contribution in [3.8, 4) is 17.2 Å². The second kappa shape index (κ2) is 8.67. The normalized spacial score (nSPS) is 16.2. The first kappa shape index (κ1) is 22.5. The zero-order valence-electron chi connectivity index (χ0n) is 18.9. The molecule has 2 heterocycles. The van der Waals surface area contributed by atoms with Crippen molar-refractivity contribution in [1.29, 1.82) is 0 Å². The molecule has 7 nitrogen and oxygen atoms in total. The molecule has 0 atom stereocenters. The van der Waals surface area contributed by atoms with Gasteiger partial charge in [-0.05, 0) is 48.1 Å². The molecule has 1 saturated heterocycles. The largest absolute Gasteiger partial charge is 0.496 e. The smallest absolute Gasteiger partial charge is 0.251 e. The lowest BCUT2D eigenvalue weighted by Crippen LogP contribution is -2.38. The quantitative estimate of drug-likeness (QED) is 0.558. The molecule has 32 heavy (non-hydrogen) atoms. The maximum Gasteiger partial charge on any atom is 0.251 e. The number of methoxy groups -OCH3 is 1. The van der Waals surface area contributed by atoms with Crippen LogP contribution in [0.25, 0.3) is 11.5 Å². The van der Waals surface area contributed by atoms with Crippen LogP contribution in [0.15, 0.2) is 57.8 Å². The Morgan fingerprint density at radius 1 is 1.00 bits per heavy atom. The maximum atomic E-state index is 13.1. The van der Waals surface area contributed by atoms with Crippen molar-refractivity contribution in [2.75, 3.05) is 20.2 Å². The Hall–Kier alpha value is -2.71. The van der Waals surface area contributed by atoms with Gasteiger partial charge in [0.05, 0.1) is 17.6 Å². The Morgan fingerprint density at radius 3 is 2.28 bits per heavy atom. The highest BCUT2D eigenvalue weighted by Gasteiger charge is 2.32. The van der Waals surface area contributed by atoms with Gasteiger partial charge in [0.15, 0.2) is 0 Å². The molecule has 0 spiro atoms. The van der Waals surface area contributed by atoms with E-state index in [0.717, 1.165) is 11.1 Å². The molecule has 1 aliphatic rings. The summed E-state index contributed by atoms with van der Waals surface area (Å²) < 4.78 is 39.1. The summed E-state index contributed by atoms with van der Waals surface area (Å²) in [4.78, 5) is 0.334. The minimum atomic E-state index is -3.53. The van der Waals surface area contributed by atoms with Crippen LogP contribution in [-0.4, -0.2) is 43.1 Å². The first-order valence-electron chi connectivity index (χ1n) is 10.8. The van der Waals surface area contributed by atoms with Crippen molar-refractivity contribution in [2.24, 2.45) is 0 Å². The molecule has 0 unspecified atom stereocenters. The number of aromatic nitrogens is 2. The molecule has 2 aromatic carbocycles. The van der Waals surface area contributed by atoms with Crippen LogP contribution >= 0.6 is 0 Å². The number of piperidine rings is 1. The molecule has 0 saturated carbocycles. The molecule has 0 aliphatic carbocycles. The number of ether oxygens (including phenoxy) is 1. The number of benzene rings is 2. The van der Waals surface area contributed by atoms with Gasteiger partial charge in [0, 0.05) is 19.0 Å². The summed E-state index contributed by atoms with van der Waals surface area (Å²) in [5.41, 5.74) is 1.83. The number of sulfonamides is 1. The van der Waals surface area contributed by atoms with Crippen molar-refractivity contribution < 1.29 is 17.6 Å². The van der Waals surface area contributed by atoms with E-state index in [1.807, 2.05) is 36.4 Å². The lowest BCUT2D eigenvalue weighted by Gasteiger charge is -2.29. The average Bonchev–Trinajstić information content (AvgIpc) is 3.29. The third-order valence-corrected chi connectivity index (χ3v) is 7.85. The highest BCUT2D eigenvalue weighted by molar-refractivity contribution is 7.89. The SMILES string of the molecule is COc1ccccc1-c1nnc(C2CCN(S(=O)(=O)c3ccc(C(C)(C)C)cc3)CC2)o1. The zero-order valence-corrected chi connectivity index (χ0v) is 19.7. The van der Waals surface area contributed by atoms with Gasteiger partial charge >= 0.3 is 0 Å². The Balaban J connectivity index is 1.45. The topological polar surface area (TPSA) is 85.5 Å². The van der Waals surface area contributed by atoms with E-state index in [1.165, 1.54) is 0 Å². The summed E-state index contributed by atoms with van der Waals surface area (Å²) in [5, 5.41) is 8.41. The number of hydrogen-bond donors (Lipinski definition) is 0. The van der Waals surface area contributed by atoms with Crippen LogP contribution in [-0.2, 0) is 15.4 Å². The van der Waals surface area contributed by atoms with E-state index < -0.39 is 10.0 Å². The van der Waals surface area contributed by atoms with Crippen LogP contribution in [0.1, 0.15) is 51.0 Å². The fourth-order valence-electron chi connectivity index (χ4n) is 3.95. The van der Waals surface area contributed by atoms with Crippen LogP contribution < -0.4 is 4.74 Å². The molecule has 1 aliphatic heterocycles. The van der Waals surface area contributed by atoms with Gasteiger partial charge in [0.2, 0.25) is 15.9 Å². The summed E-state index contributed by atoms with van der Waals surface area (Å²) in [6.07, 6.45) is 1.26. The number of para-hydroxylation sites is 1. The summed E-state index contributed by atoms with van der Waals surface area (Å²) in [6, 6.07) is 14.7. The predicted octanol–water partition coefficient (Wildman–Crippen LogP) is 4.61. The van der Waals surface area contributed by atoms with Gasteiger partial charge in [-0.25, -0.2) is 8.42 Å². The van der Waals surface area contributed by atoms with Crippen molar-refractivity contribution in [1.82, 2.24) is 14.5 Å². The number of rotatable bonds is 5. The van der Waals surface area contributed by atoms with Gasteiger partial charge in [-0.2, -0.15) is 4.31 Å². The van der Waals surface area contributed by atoms with Crippen LogP contribution in [0.2, 0.25) is 0 Å². The van der Waals surface area contributed by atoms with E-state index in [2.05, 4.69) is 31.0 Å². The predicted molar refractivity (Wildman–Crippen MR) is 122 cm³/mol. The van der Waals surface area contributed by atoms with Crippen molar-refractivity contribution in [3.05, 3.63) is 60.0 Å². The van der Waals surface area contributed by atoms with E-state index in [1.54, 1.807) is 23.5 Å². The monoisotopic (exact) mass is 455 g/mol. The van der Waals surface area contributed by atoms with Gasteiger partial charge in [-0.1, -0.05) is 45.0 Å². The Morgan fingerprint density at radius 2 is 1.66 bits per heavy atom. The summed E-state index contributed by atoms with van der Waals surface area (Å²) in [6.45, 7) is 7.16. The fourth-order valence-corrected chi connectivity index (χ4v) is 5.42. The first-order chi connectivity index (χ1) is 15.2. The fraction of sp³-hybridized carbons (Fsp3) is 0.417. The van der Waals surface area contributed by atoms with E-state index >= 15 is 0 Å². The molecular formula is C24H29N3O4S. The molecule has 4 rings (SSSR count). The lowest BCUT2D eigenvalue weighted by atomic mass is 9.87. The highest BCUT2D eigenvalue weighted by atomic mass is 32.2. The molecule has 0 bridgehead atoms. The standard InChI is InChI=1S/C24H29N3O4S/c1-24(2,3)18-9-11-19(12-10-18)32(28,29)27-15-13-17(14-16-27)22-25-26-23(31-22)20-7-5-6-8-21(20)30-4/h5-12,17H,13-16H2,1-4H3. The number of hydrogen-bond acceptors (Lipinski definition) is 6. The highest BCUT2D eigenvalue weighted by Crippen LogP contribution is 2.34. The van der Waals surface area contributed by atoms with E-state index in [4.69, 9.17) is 9.15 Å². The van der Waals surface area contributed by atoms with Gasteiger partial charge in [0.25, 0.3) is 5.89 Å². The van der Waals surface area contributed by atoms with Gasteiger partial charge < -0.3 is 9.15 Å².